The minimum absolute atomic E-state index is 0.388. The Balaban J connectivity index is 1.66. The third kappa shape index (κ3) is 3.08. The van der Waals surface area contributed by atoms with E-state index < -0.39 is 5.79 Å². The first-order valence-electron chi connectivity index (χ1n) is 10.7. The Morgan fingerprint density at radius 2 is 1.68 bits per heavy atom. The zero-order valence-corrected chi connectivity index (χ0v) is 19.0. The second-order valence-corrected chi connectivity index (χ2v) is 9.53. The fourth-order valence-electron chi connectivity index (χ4n) is 4.63. The second-order valence-electron chi connectivity index (χ2n) is 9.53. The standard InChI is InChI=1S/C25H29N3O3/c1-16-11-12-17(15-26-16)22-18-13-25(30-23(2,3)24(4,5)31-25)14-19(18)27-28(22)20-9-7-8-10-21(20)29-6/h7-12,15H,13-14H2,1-6H3. The van der Waals surface area contributed by atoms with E-state index in [1.54, 1.807) is 7.11 Å². The van der Waals surface area contributed by atoms with Crippen LogP contribution in [0.25, 0.3) is 16.9 Å². The van der Waals surface area contributed by atoms with Crippen molar-refractivity contribution in [3.63, 3.8) is 0 Å². The summed E-state index contributed by atoms with van der Waals surface area (Å²) in [6, 6.07) is 12.1. The zero-order chi connectivity index (χ0) is 22.0. The van der Waals surface area contributed by atoms with Crippen LogP contribution in [0.4, 0.5) is 0 Å². The molecule has 0 N–H and O–H groups in total. The molecule has 0 unspecified atom stereocenters. The molecule has 0 saturated carbocycles. The largest absolute Gasteiger partial charge is 0.494 e. The lowest BCUT2D eigenvalue weighted by molar-refractivity contribution is -0.183. The van der Waals surface area contributed by atoms with Crippen molar-refractivity contribution < 1.29 is 14.2 Å². The molecule has 0 bridgehead atoms. The topological polar surface area (TPSA) is 58.4 Å². The van der Waals surface area contributed by atoms with Crippen LogP contribution in [0.1, 0.15) is 44.6 Å². The van der Waals surface area contributed by atoms with Crippen LogP contribution in [0.3, 0.4) is 0 Å². The smallest absolute Gasteiger partial charge is 0.179 e. The van der Waals surface area contributed by atoms with Crippen molar-refractivity contribution in [1.82, 2.24) is 14.8 Å². The van der Waals surface area contributed by atoms with Crippen molar-refractivity contribution >= 4 is 0 Å². The van der Waals surface area contributed by atoms with E-state index in [1.165, 1.54) is 0 Å². The summed E-state index contributed by atoms with van der Waals surface area (Å²) >= 11 is 0. The molecule has 0 amide bonds. The molecule has 31 heavy (non-hydrogen) atoms. The summed E-state index contributed by atoms with van der Waals surface area (Å²) in [5.74, 6) is 0.0903. The van der Waals surface area contributed by atoms with Gasteiger partial charge in [-0.25, -0.2) is 4.68 Å². The molecule has 1 aliphatic heterocycles. The molecule has 1 aliphatic carbocycles. The van der Waals surface area contributed by atoms with E-state index in [2.05, 4.69) is 38.7 Å². The van der Waals surface area contributed by atoms with Crippen molar-refractivity contribution in [2.24, 2.45) is 0 Å². The van der Waals surface area contributed by atoms with Crippen LogP contribution >= 0.6 is 0 Å². The van der Waals surface area contributed by atoms with E-state index >= 15 is 0 Å². The maximum atomic E-state index is 6.54. The van der Waals surface area contributed by atoms with Gasteiger partial charge in [-0.2, -0.15) is 5.10 Å². The van der Waals surface area contributed by atoms with Gasteiger partial charge in [-0.1, -0.05) is 12.1 Å². The number of aromatic nitrogens is 3. The van der Waals surface area contributed by atoms with Crippen LogP contribution in [-0.4, -0.2) is 38.9 Å². The monoisotopic (exact) mass is 419 g/mol. The second kappa shape index (κ2) is 6.65. The number of para-hydroxylation sites is 2. The van der Waals surface area contributed by atoms with E-state index in [1.807, 2.05) is 48.1 Å². The molecule has 1 saturated heterocycles. The minimum Gasteiger partial charge on any atom is -0.494 e. The normalized spacial score (nSPS) is 20.2. The first-order chi connectivity index (χ1) is 14.6. The summed E-state index contributed by atoms with van der Waals surface area (Å²) < 4.78 is 20.7. The molecule has 2 aromatic heterocycles. The summed E-state index contributed by atoms with van der Waals surface area (Å²) in [6.07, 6.45) is 3.17. The van der Waals surface area contributed by atoms with Crippen LogP contribution in [-0.2, 0) is 22.3 Å². The van der Waals surface area contributed by atoms with Crippen LogP contribution in [0.15, 0.2) is 42.6 Å². The van der Waals surface area contributed by atoms with Crippen molar-refractivity contribution in [3.8, 4) is 22.7 Å². The fourth-order valence-corrected chi connectivity index (χ4v) is 4.63. The van der Waals surface area contributed by atoms with Crippen molar-refractivity contribution in [2.75, 3.05) is 7.11 Å². The molecule has 5 rings (SSSR count). The quantitative estimate of drug-likeness (QED) is 0.618. The maximum Gasteiger partial charge on any atom is 0.179 e. The Labute approximate surface area is 183 Å². The van der Waals surface area contributed by atoms with Gasteiger partial charge in [0.15, 0.2) is 5.79 Å². The molecular formula is C25H29N3O3. The van der Waals surface area contributed by atoms with Gasteiger partial charge in [-0.05, 0) is 58.9 Å². The SMILES string of the molecule is COc1ccccc1-n1nc2c(c1-c1ccc(C)nc1)CC1(C2)OC(C)(C)C(C)(C)O1. The Bertz CT molecular complexity index is 1130. The highest BCUT2D eigenvalue weighted by Gasteiger charge is 2.59. The Kier molecular flexibility index (Phi) is 4.33. The highest BCUT2D eigenvalue weighted by Crippen LogP contribution is 2.51. The number of nitrogens with zero attached hydrogens (tertiary/aromatic N) is 3. The first-order valence-corrected chi connectivity index (χ1v) is 10.7. The number of rotatable bonds is 3. The van der Waals surface area contributed by atoms with Gasteiger partial charge in [0.05, 0.1) is 29.7 Å². The summed E-state index contributed by atoms with van der Waals surface area (Å²) in [5.41, 5.74) is 5.27. The molecule has 1 fully saturated rings. The fraction of sp³-hybridized carbons (Fsp3) is 0.440. The Morgan fingerprint density at radius 3 is 2.32 bits per heavy atom. The molecule has 3 heterocycles. The molecule has 3 aromatic rings. The number of pyridine rings is 1. The molecule has 0 atom stereocenters. The average Bonchev–Trinajstić information content (AvgIpc) is 3.27. The number of hydrogen-bond acceptors (Lipinski definition) is 5. The average molecular weight is 420 g/mol. The molecule has 6 nitrogen and oxygen atoms in total. The number of methoxy groups -OCH3 is 1. The summed E-state index contributed by atoms with van der Waals surface area (Å²) in [6.45, 7) is 10.4. The van der Waals surface area contributed by atoms with E-state index in [-0.39, 0.29) is 11.2 Å². The predicted molar refractivity (Wildman–Crippen MR) is 119 cm³/mol. The molecule has 0 radical (unpaired) electrons. The van der Waals surface area contributed by atoms with Crippen LogP contribution < -0.4 is 4.74 Å². The first kappa shape index (κ1) is 20.2. The Hall–Kier alpha value is -2.70. The van der Waals surface area contributed by atoms with Gasteiger partial charge in [0.25, 0.3) is 0 Å². The number of benzene rings is 1. The predicted octanol–water partition coefficient (Wildman–Crippen LogP) is 4.65. The number of hydrogen-bond donors (Lipinski definition) is 0. The number of aryl methyl sites for hydroxylation is 1. The third-order valence-corrected chi connectivity index (χ3v) is 6.78. The lowest BCUT2D eigenvalue weighted by atomic mass is 9.90. The van der Waals surface area contributed by atoms with E-state index in [9.17, 15) is 0 Å². The molecule has 6 heteroatoms. The molecule has 162 valence electrons. The Morgan fingerprint density at radius 1 is 0.968 bits per heavy atom. The lowest BCUT2D eigenvalue weighted by Crippen LogP contribution is -2.41. The van der Waals surface area contributed by atoms with Crippen LogP contribution in [0, 0.1) is 6.92 Å². The molecule has 1 aromatic carbocycles. The lowest BCUT2D eigenvalue weighted by Gasteiger charge is -2.30. The molecular weight excluding hydrogens is 390 g/mol. The van der Waals surface area contributed by atoms with Gasteiger partial charge in [-0.15, -0.1) is 0 Å². The highest BCUT2D eigenvalue weighted by atomic mass is 16.8. The summed E-state index contributed by atoms with van der Waals surface area (Å²) in [4.78, 5) is 4.54. The van der Waals surface area contributed by atoms with Gasteiger partial charge in [-0.3, -0.25) is 4.98 Å². The maximum absolute atomic E-state index is 6.54. The summed E-state index contributed by atoms with van der Waals surface area (Å²) in [7, 11) is 1.68. The molecule has 2 aliphatic rings. The van der Waals surface area contributed by atoms with Gasteiger partial charge < -0.3 is 14.2 Å². The summed E-state index contributed by atoms with van der Waals surface area (Å²) in [5, 5.41) is 5.03. The van der Waals surface area contributed by atoms with Crippen molar-refractivity contribution in [2.45, 2.75) is 64.4 Å². The van der Waals surface area contributed by atoms with E-state index in [4.69, 9.17) is 19.3 Å². The van der Waals surface area contributed by atoms with Crippen molar-refractivity contribution in [3.05, 3.63) is 59.5 Å². The van der Waals surface area contributed by atoms with Crippen molar-refractivity contribution in [1.29, 1.82) is 0 Å². The van der Waals surface area contributed by atoms with Gasteiger partial charge >= 0.3 is 0 Å². The third-order valence-electron chi connectivity index (χ3n) is 6.78. The number of ether oxygens (including phenoxy) is 3. The minimum atomic E-state index is -0.683. The van der Waals surface area contributed by atoms with Gasteiger partial charge in [0.1, 0.15) is 11.4 Å². The number of fused-ring (bicyclic) bond motifs is 1. The zero-order valence-electron chi connectivity index (χ0n) is 19.0. The molecule has 1 spiro atoms. The van der Waals surface area contributed by atoms with Gasteiger partial charge in [0.2, 0.25) is 0 Å². The van der Waals surface area contributed by atoms with Crippen LogP contribution in [0.2, 0.25) is 0 Å². The highest BCUT2D eigenvalue weighted by molar-refractivity contribution is 5.69. The van der Waals surface area contributed by atoms with E-state index in [0.717, 1.165) is 39.6 Å². The van der Waals surface area contributed by atoms with Gasteiger partial charge in [0, 0.05) is 35.9 Å². The van der Waals surface area contributed by atoms with E-state index in [0.29, 0.717) is 12.8 Å². The van der Waals surface area contributed by atoms with Crippen LogP contribution in [0.5, 0.6) is 5.75 Å².